The third kappa shape index (κ3) is 2.86. The van der Waals surface area contributed by atoms with E-state index in [0.717, 1.165) is 0 Å². The summed E-state index contributed by atoms with van der Waals surface area (Å²) in [6.45, 7) is 0. The third-order valence-electron chi connectivity index (χ3n) is 2.97. The molecule has 2 heterocycles. The van der Waals surface area contributed by atoms with Crippen molar-refractivity contribution in [3.05, 3.63) is 52.5 Å². The second-order valence-corrected chi connectivity index (χ2v) is 5.32. The zero-order valence-electron chi connectivity index (χ0n) is 11.0. The number of aliphatic carboxylic acids is 1. The van der Waals surface area contributed by atoms with Crippen molar-refractivity contribution in [1.82, 2.24) is 4.98 Å². The molecule has 0 spiro atoms. The molecule has 0 radical (unpaired) electrons. The second-order valence-electron chi connectivity index (χ2n) is 4.51. The molecule has 3 rings (SSSR count). The van der Waals surface area contributed by atoms with Crippen molar-refractivity contribution in [2.75, 3.05) is 0 Å². The maximum Gasteiger partial charge on any atom is 0.309 e. The van der Waals surface area contributed by atoms with E-state index in [1.165, 1.54) is 12.5 Å². The number of oxazole rings is 1. The minimum absolute atomic E-state index is 0.259. The molecule has 0 saturated heterocycles. The van der Waals surface area contributed by atoms with Crippen molar-refractivity contribution >= 4 is 29.2 Å². The number of aromatic nitrogens is 1. The zero-order valence-corrected chi connectivity index (χ0v) is 12.6. The van der Waals surface area contributed by atoms with Crippen LogP contribution in [0.4, 0.5) is 0 Å². The lowest BCUT2D eigenvalue weighted by Gasteiger charge is -1.98. The van der Waals surface area contributed by atoms with Crippen molar-refractivity contribution in [3.63, 3.8) is 0 Å². The molecule has 112 valence electrons. The molecule has 1 aromatic carbocycles. The Bertz CT molecular complexity index is 824. The molecular weight excluding hydrogens is 329 g/mol. The van der Waals surface area contributed by atoms with Gasteiger partial charge < -0.3 is 13.9 Å². The molecule has 5 nitrogen and oxygen atoms in total. The fraction of sp³-hybridized carbons (Fsp3) is 0.0667. The third-order valence-corrected chi connectivity index (χ3v) is 3.70. The van der Waals surface area contributed by atoms with Gasteiger partial charge in [0.15, 0.2) is 5.76 Å². The van der Waals surface area contributed by atoms with E-state index in [1.807, 2.05) is 0 Å². The van der Waals surface area contributed by atoms with Gasteiger partial charge in [0, 0.05) is 5.56 Å². The molecule has 2 aromatic heterocycles. The lowest BCUT2D eigenvalue weighted by Crippen LogP contribution is -2.01. The van der Waals surface area contributed by atoms with E-state index in [4.69, 9.17) is 37.1 Å². The molecular formula is C15H9Cl2NO4. The summed E-state index contributed by atoms with van der Waals surface area (Å²) < 4.78 is 10.7. The summed E-state index contributed by atoms with van der Waals surface area (Å²) in [7, 11) is 0. The van der Waals surface area contributed by atoms with Gasteiger partial charge >= 0.3 is 5.97 Å². The number of carboxylic acid groups (broad SMARTS) is 1. The summed E-state index contributed by atoms with van der Waals surface area (Å²) in [6.07, 6.45) is 2.68. The molecule has 0 fully saturated rings. The predicted octanol–water partition coefficient (Wildman–Crippen LogP) is 4.54. The number of benzene rings is 1. The summed E-state index contributed by atoms with van der Waals surface area (Å²) in [6, 6.07) is 6.60. The topological polar surface area (TPSA) is 76.5 Å². The van der Waals surface area contributed by atoms with Crippen LogP contribution in [0.15, 0.2) is 45.6 Å². The normalized spacial score (nSPS) is 10.8. The molecule has 0 bridgehead atoms. The number of nitrogens with zero attached hydrogens (tertiary/aromatic N) is 1. The average molecular weight is 338 g/mol. The molecule has 0 aliphatic heterocycles. The molecule has 7 heteroatoms. The first-order chi connectivity index (χ1) is 10.5. The highest BCUT2D eigenvalue weighted by molar-refractivity contribution is 6.42. The summed E-state index contributed by atoms with van der Waals surface area (Å²) in [5, 5.41) is 9.78. The Morgan fingerprint density at radius 2 is 2.00 bits per heavy atom. The first kappa shape index (κ1) is 14.7. The van der Waals surface area contributed by atoms with Gasteiger partial charge in [0.2, 0.25) is 5.89 Å². The Hall–Kier alpha value is -2.24. The fourth-order valence-corrected chi connectivity index (χ4v) is 2.28. The molecule has 3 aromatic rings. The van der Waals surface area contributed by atoms with Crippen molar-refractivity contribution in [2.45, 2.75) is 6.42 Å². The van der Waals surface area contributed by atoms with Crippen molar-refractivity contribution < 1.29 is 18.7 Å². The van der Waals surface area contributed by atoms with Gasteiger partial charge in [0.25, 0.3) is 0 Å². The van der Waals surface area contributed by atoms with Gasteiger partial charge in [-0.2, -0.15) is 0 Å². The van der Waals surface area contributed by atoms with Gasteiger partial charge in [-0.25, -0.2) is 4.98 Å². The van der Waals surface area contributed by atoms with Crippen LogP contribution in [0, 0.1) is 0 Å². The van der Waals surface area contributed by atoms with Gasteiger partial charge in [-0.05, 0) is 24.3 Å². The highest BCUT2D eigenvalue weighted by Crippen LogP contribution is 2.33. The SMILES string of the molecule is O=C(O)Cc1nc(-c2ccc(Cl)c(Cl)c2)oc1-c1ccoc1. The van der Waals surface area contributed by atoms with E-state index in [2.05, 4.69) is 4.98 Å². The molecule has 0 atom stereocenters. The van der Waals surface area contributed by atoms with E-state index >= 15 is 0 Å². The quantitative estimate of drug-likeness (QED) is 0.756. The van der Waals surface area contributed by atoms with E-state index in [0.29, 0.717) is 32.6 Å². The lowest BCUT2D eigenvalue weighted by atomic mass is 10.2. The highest BCUT2D eigenvalue weighted by atomic mass is 35.5. The molecule has 0 aliphatic rings. The van der Waals surface area contributed by atoms with Crippen LogP contribution in [0.5, 0.6) is 0 Å². The number of carboxylic acids is 1. The summed E-state index contributed by atoms with van der Waals surface area (Å²) >= 11 is 11.9. The van der Waals surface area contributed by atoms with E-state index in [9.17, 15) is 4.79 Å². The molecule has 0 unspecified atom stereocenters. The summed E-state index contributed by atoms with van der Waals surface area (Å²) in [4.78, 5) is 15.2. The maximum absolute atomic E-state index is 11.0. The smallest absolute Gasteiger partial charge is 0.309 e. The Kier molecular flexibility index (Phi) is 3.92. The number of hydrogen-bond donors (Lipinski definition) is 1. The molecule has 0 aliphatic carbocycles. The first-order valence-corrected chi connectivity index (χ1v) is 6.99. The van der Waals surface area contributed by atoms with Gasteiger partial charge in [-0.3, -0.25) is 4.79 Å². The van der Waals surface area contributed by atoms with Crippen LogP contribution >= 0.6 is 23.2 Å². The highest BCUT2D eigenvalue weighted by Gasteiger charge is 2.19. The molecule has 0 amide bonds. The van der Waals surface area contributed by atoms with Crippen LogP contribution in [0.1, 0.15) is 5.69 Å². The predicted molar refractivity (Wildman–Crippen MR) is 81.0 cm³/mol. The van der Waals surface area contributed by atoms with Crippen molar-refractivity contribution in [3.8, 4) is 22.8 Å². The molecule has 0 saturated carbocycles. The number of hydrogen-bond acceptors (Lipinski definition) is 4. The average Bonchev–Trinajstić information content (AvgIpc) is 3.10. The Labute approximate surface area is 135 Å². The second kappa shape index (κ2) is 5.87. The fourth-order valence-electron chi connectivity index (χ4n) is 1.99. The Morgan fingerprint density at radius 1 is 1.18 bits per heavy atom. The molecule has 1 N–H and O–H groups in total. The summed E-state index contributed by atoms with van der Waals surface area (Å²) in [5.74, 6) is -0.373. The van der Waals surface area contributed by atoms with Crippen LogP contribution < -0.4 is 0 Å². The van der Waals surface area contributed by atoms with Gasteiger partial charge in [0.1, 0.15) is 6.26 Å². The van der Waals surface area contributed by atoms with Crippen molar-refractivity contribution in [1.29, 1.82) is 0 Å². The van der Waals surface area contributed by atoms with E-state index in [-0.39, 0.29) is 12.3 Å². The van der Waals surface area contributed by atoms with Crippen LogP contribution in [-0.4, -0.2) is 16.1 Å². The number of rotatable bonds is 4. The maximum atomic E-state index is 11.0. The lowest BCUT2D eigenvalue weighted by molar-refractivity contribution is -0.136. The van der Waals surface area contributed by atoms with Crippen LogP contribution in [0.25, 0.3) is 22.8 Å². The van der Waals surface area contributed by atoms with E-state index < -0.39 is 5.97 Å². The minimum Gasteiger partial charge on any atom is -0.481 e. The zero-order chi connectivity index (χ0) is 15.7. The number of carbonyl (C=O) groups is 1. The van der Waals surface area contributed by atoms with Gasteiger partial charge in [-0.15, -0.1) is 0 Å². The Morgan fingerprint density at radius 3 is 2.64 bits per heavy atom. The summed E-state index contributed by atoms with van der Waals surface area (Å²) in [5.41, 5.74) is 1.54. The van der Waals surface area contributed by atoms with Gasteiger partial charge in [-0.1, -0.05) is 23.2 Å². The molecule has 22 heavy (non-hydrogen) atoms. The van der Waals surface area contributed by atoms with Crippen LogP contribution in [0.3, 0.4) is 0 Å². The largest absolute Gasteiger partial charge is 0.481 e. The van der Waals surface area contributed by atoms with Crippen LogP contribution in [0.2, 0.25) is 10.0 Å². The van der Waals surface area contributed by atoms with E-state index in [1.54, 1.807) is 24.3 Å². The van der Waals surface area contributed by atoms with Crippen molar-refractivity contribution in [2.24, 2.45) is 0 Å². The first-order valence-electron chi connectivity index (χ1n) is 6.24. The van der Waals surface area contributed by atoms with Crippen LogP contribution in [-0.2, 0) is 11.2 Å². The number of halogens is 2. The number of furan rings is 1. The Balaban J connectivity index is 2.09. The minimum atomic E-state index is -1.00. The standard InChI is InChI=1S/C15H9Cl2NO4/c16-10-2-1-8(5-11(10)17)15-18-12(6-13(19)20)14(22-15)9-3-4-21-7-9/h1-5,7H,6H2,(H,19,20). The monoisotopic (exact) mass is 337 g/mol. The van der Waals surface area contributed by atoms with Gasteiger partial charge in [0.05, 0.1) is 34.0 Å².